The summed E-state index contributed by atoms with van der Waals surface area (Å²) in [6.07, 6.45) is 1.97. The Balaban J connectivity index is 1.92. The van der Waals surface area contributed by atoms with Crippen LogP contribution in [0.4, 0.5) is 0 Å². The summed E-state index contributed by atoms with van der Waals surface area (Å²) >= 11 is 0. The fourth-order valence-corrected chi connectivity index (χ4v) is 4.60. The number of sulfonamides is 1. The van der Waals surface area contributed by atoms with E-state index in [2.05, 4.69) is 9.71 Å². The van der Waals surface area contributed by atoms with Crippen molar-refractivity contribution in [2.45, 2.75) is 31.2 Å². The average Bonchev–Trinajstić information content (AvgIpc) is 3.03. The lowest BCUT2D eigenvalue weighted by atomic mass is 10.1. The van der Waals surface area contributed by atoms with Gasteiger partial charge in [0, 0.05) is 23.5 Å². The van der Waals surface area contributed by atoms with Gasteiger partial charge in [-0.1, -0.05) is 35.9 Å². The van der Waals surface area contributed by atoms with Gasteiger partial charge in [0.15, 0.2) is 0 Å². The molecular formula is C20H22N2O4S. The van der Waals surface area contributed by atoms with Crippen LogP contribution in [0.1, 0.15) is 16.7 Å². The van der Waals surface area contributed by atoms with Crippen molar-refractivity contribution in [1.82, 2.24) is 9.71 Å². The van der Waals surface area contributed by atoms with Crippen LogP contribution in [0.5, 0.6) is 0 Å². The van der Waals surface area contributed by atoms with Gasteiger partial charge in [0.05, 0.1) is 12.0 Å². The standard InChI is InChI=1S/C20H22N2O4S/c1-13-8-9-19(14(2)10-13)27(24,25)22-18(20(23)26-3)11-15-12-21-17-7-5-4-6-16(15)17/h4-10,12,18,21-22H,11H2,1-3H3/t18-/m1/s1. The lowest BCUT2D eigenvalue weighted by Gasteiger charge is -2.17. The van der Waals surface area contributed by atoms with Gasteiger partial charge in [-0.05, 0) is 37.1 Å². The van der Waals surface area contributed by atoms with Gasteiger partial charge in [-0.3, -0.25) is 4.79 Å². The predicted octanol–water partition coefficient (Wildman–Crippen LogP) is 2.85. The highest BCUT2D eigenvalue weighted by atomic mass is 32.2. The number of aromatic amines is 1. The average molecular weight is 386 g/mol. The van der Waals surface area contributed by atoms with E-state index >= 15 is 0 Å². The number of hydrogen-bond acceptors (Lipinski definition) is 4. The quantitative estimate of drug-likeness (QED) is 0.638. The largest absolute Gasteiger partial charge is 0.468 e. The summed E-state index contributed by atoms with van der Waals surface area (Å²) in [5.41, 5.74) is 3.35. The summed E-state index contributed by atoms with van der Waals surface area (Å²) in [5.74, 6) is -0.631. The first-order chi connectivity index (χ1) is 12.8. The molecule has 0 spiro atoms. The number of benzene rings is 2. The van der Waals surface area contributed by atoms with E-state index in [-0.39, 0.29) is 11.3 Å². The first-order valence-corrected chi connectivity index (χ1v) is 10.0. The number of ether oxygens (including phenoxy) is 1. The molecule has 3 rings (SSSR count). The fourth-order valence-electron chi connectivity index (χ4n) is 3.19. The Labute approximate surface area is 158 Å². The van der Waals surface area contributed by atoms with Crippen LogP contribution < -0.4 is 4.72 Å². The van der Waals surface area contributed by atoms with Crippen molar-refractivity contribution in [2.75, 3.05) is 7.11 Å². The molecule has 0 unspecified atom stereocenters. The van der Waals surface area contributed by atoms with Crippen molar-refractivity contribution in [1.29, 1.82) is 0 Å². The third-order valence-electron chi connectivity index (χ3n) is 4.50. The van der Waals surface area contributed by atoms with Crippen LogP contribution in [0.25, 0.3) is 10.9 Å². The second-order valence-electron chi connectivity index (χ2n) is 6.53. The molecule has 2 N–H and O–H groups in total. The maximum atomic E-state index is 12.9. The molecule has 142 valence electrons. The molecule has 0 fully saturated rings. The molecule has 1 atom stereocenters. The molecule has 0 saturated heterocycles. The van der Waals surface area contributed by atoms with E-state index in [0.29, 0.717) is 5.56 Å². The second kappa shape index (κ2) is 7.54. The van der Waals surface area contributed by atoms with Crippen molar-refractivity contribution in [3.8, 4) is 0 Å². The third-order valence-corrected chi connectivity index (χ3v) is 6.13. The van der Waals surface area contributed by atoms with Crippen molar-refractivity contribution in [3.63, 3.8) is 0 Å². The van der Waals surface area contributed by atoms with Crippen molar-refractivity contribution < 1.29 is 17.9 Å². The first kappa shape index (κ1) is 19.1. The van der Waals surface area contributed by atoms with E-state index in [9.17, 15) is 13.2 Å². The Bertz CT molecular complexity index is 1090. The molecular weight excluding hydrogens is 364 g/mol. The third kappa shape index (κ3) is 4.04. The van der Waals surface area contributed by atoms with Crippen molar-refractivity contribution in [2.24, 2.45) is 0 Å². The zero-order chi connectivity index (χ0) is 19.6. The highest BCUT2D eigenvalue weighted by Gasteiger charge is 2.28. The zero-order valence-corrected chi connectivity index (χ0v) is 16.3. The number of carbonyl (C=O) groups is 1. The van der Waals surface area contributed by atoms with Crippen LogP contribution in [-0.2, 0) is 26.0 Å². The van der Waals surface area contributed by atoms with Gasteiger partial charge in [-0.2, -0.15) is 4.72 Å². The molecule has 0 radical (unpaired) electrons. The second-order valence-corrected chi connectivity index (χ2v) is 8.21. The molecule has 0 aliphatic carbocycles. The molecule has 0 aliphatic rings. The van der Waals surface area contributed by atoms with Crippen molar-refractivity contribution in [3.05, 3.63) is 65.4 Å². The summed E-state index contributed by atoms with van der Waals surface area (Å²) in [7, 11) is -2.63. The maximum Gasteiger partial charge on any atom is 0.324 e. The number of aryl methyl sites for hydroxylation is 2. The Morgan fingerprint density at radius 2 is 1.93 bits per heavy atom. The highest BCUT2D eigenvalue weighted by molar-refractivity contribution is 7.89. The van der Waals surface area contributed by atoms with Gasteiger partial charge in [0.2, 0.25) is 10.0 Å². The SMILES string of the molecule is COC(=O)[C@@H](Cc1c[nH]c2ccccc12)NS(=O)(=O)c1ccc(C)cc1C. The Hall–Kier alpha value is -2.64. The lowest BCUT2D eigenvalue weighted by molar-refractivity contribution is -0.142. The van der Waals surface area contributed by atoms with E-state index in [0.717, 1.165) is 22.0 Å². The Morgan fingerprint density at radius 1 is 1.19 bits per heavy atom. The molecule has 0 amide bonds. The number of rotatable bonds is 6. The number of carbonyl (C=O) groups excluding carboxylic acids is 1. The number of aromatic nitrogens is 1. The monoisotopic (exact) mass is 386 g/mol. The number of H-pyrrole nitrogens is 1. The topological polar surface area (TPSA) is 88.3 Å². The normalized spacial score (nSPS) is 12.9. The van der Waals surface area contributed by atoms with Gasteiger partial charge in [0.25, 0.3) is 0 Å². The summed E-state index contributed by atoms with van der Waals surface area (Å²) in [6.45, 7) is 3.62. The van der Waals surface area contributed by atoms with Gasteiger partial charge in [-0.15, -0.1) is 0 Å². The van der Waals surface area contributed by atoms with Gasteiger partial charge >= 0.3 is 5.97 Å². The van der Waals surface area contributed by atoms with E-state index in [1.54, 1.807) is 31.3 Å². The van der Waals surface area contributed by atoms with Crippen molar-refractivity contribution >= 4 is 26.9 Å². The Morgan fingerprint density at radius 3 is 2.63 bits per heavy atom. The van der Waals surface area contributed by atoms with E-state index in [1.807, 2.05) is 31.2 Å². The lowest BCUT2D eigenvalue weighted by Crippen LogP contribution is -2.43. The molecule has 3 aromatic rings. The zero-order valence-electron chi connectivity index (χ0n) is 15.4. The van der Waals surface area contributed by atoms with E-state index < -0.39 is 22.0 Å². The highest BCUT2D eigenvalue weighted by Crippen LogP contribution is 2.21. The van der Waals surface area contributed by atoms with Crippen LogP contribution >= 0.6 is 0 Å². The number of nitrogens with one attached hydrogen (secondary N) is 2. The van der Waals surface area contributed by atoms with Gasteiger partial charge < -0.3 is 9.72 Å². The molecule has 0 saturated carbocycles. The minimum atomic E-state index is -3.88. The van der Waals surface area contributed by atoms with E-state index in [1.165, 1.54) is 7.11 Å². The first-order valence-electron chi connectivity index (χ1n) is 8.54. The molecule has 1 heterocycles. The summed E-state index contributed by atoms with van der Waals surface area (Å²) in [6, 6.07) is 11.7. The molecule has 0 bridgehead atoms. The number of methoxy groups -OCH3 is 1. The van der Waals surface area contributed by atoms with E-state index in [4.69, 9.17) is 4.74 Å². The van der Waals surface area contributed by atoms with Crippen LogP contribution in [0.3, 0.4) is 0 Å². The number of hydrogen-bond donors (Lipinski definition) is 2. The van der Waals surface area contributed by atoms with Crippen LogP contribution in [0.15, 0.2) is 53.6 Å². The minimum absolute atomic E-state index is 0.154. The van der Waals surface area contributed by atoms with Gasteiger partial charge in [0.1, 0.15) is 6.04 Å². The fraction of sp³-hybridized carbons (Fsp3) is 0.250. The number of fused-ring (bicyclic) bond motifs is 1. The molecule has 2 aromatic carbocycles. The molecule has 6 nitrogen and oxygen atoms in total. The maximum absolute atomic E-state index is 12.9. The number of esters is 1. The molecule has 27 heavy (non-hydrogen) atoms. The summed E-state index contributed by atoms with van der Waals surface area (Å²) in [5, 5.41) is 0.942. The summed E-state index contributed by atoms with van der Waals surface area (Å²) in [4.78, 5) is 15.5. The van der Waals surface area contributed by atoms with Crippen LogP contribution in [-0.4, -0.2) is 32.5 Å². The summed E-state index contributed by atoms with van der Waals surface area (Å²) < 4.78 is 33.1. The van der Waals surface area contributed by atoms with Crippen LogP contribution in [0.2, 0.25) is 0 Å². The molecule has 1 aromatic heterocycles. The minimum Gasteiger partial charge on any atom is -0.468 e. The molecule has 7 heteroatoms. The Kier molecular flexibility index (Phi) is 5.34. The molecule has 0 aliphatic heterocycles. The smallest absolute Gasteiger partial charge is 0.324 e. The van der Waals surface area contributed by atoms with Gasteiger partial charge in [-0.25, -0.2) is 8.42 Å². The number of para-hydroxylation sites is 1. The predicted molar refractivity (Wildman–Crippen MR) is 104 cm³/mol. The van der Waals surface area contributed by atoms with Crippen LogP contribution in [0, 0.1) is 13.8 Å².